The molecule has 108 valence electrons. The number of rotatable bonds is 11. The number of fused-ring (bicyclic) bond motifs is 2. The second-order valence-corrected chi connectivity index (χ2v) is 6.56. The Kier molecular flexibility index (Phi) is 6.74. The van der Waals surface area contributed by atoms with Crippen LogP contribution < -0.4 is 0 Å². The van der Waals surface area contributed by atoms with Gasteiger partial charge in [-0.25, -0.2) is 0 Å². The van der Waals surface area contributed by atoms with Crippen LogP contribution in [0.15, 0.2) is 23.8 Å². The first-order valence-electron chi connectivity index (χ1n) is 8.79. The summed E-state index contributed by atoms with van der Waals surface area (Å²) in [6.07, 6.45) is 24.6. The zero-order chi connectivity index (χ0) is 13.3. The van der Waals surface area contributed by atoms with Crippen LogP contribution in [0.3, 0.4) is 0 Å². The van der Waals surface area contributed by atoms with Crippen molar-refractivity contribution >= 4 is 0 Å². The molecule has 0 saturated carbocycles. The molecule has 0 aromatic carbocycles. The molecule has 0 heteroatoms. The lowest BCUT2D eigenvalue weighted by Crippen LogP contribution is -1.93. The molecule has 2 unspecified atom stereocenters. The van der Waals surface area contributed by atoms with E-state index in [1.54, 1.807) is 5.57 Å². The molecule has 0 heterocycles. The number of unbranched alkanes of at least 4 members (excludes halogenated alkanes) is 9. The summed E-state index contributed by atoms with van der Waals surface area (Å²) in [6.45, 7) is 2.29. The largest absolute Gasteiger partial charge is 0.0810 e. The normalized spacial score (nSPS) is 24.2. The zero-order valence-corrected chi connectivity index (χ0v) is 12.9. The summed E-state index contributed by atoms with van der Waals surface area (Å²) in [4.78, 5) is 0. The van der Waals surface area contributed by atoms with Gasteiger partial charge in [0.15, 0.2) is 0 Å². The van der Waals surface area contributed by atoms with E-state index in [2.05, 4.69) is 25.2 Å². The molecule has 0 nitrogen and oxygen atoms in total. The molecule has 0 fully saturated rings. The summed E-state index contributed by atoms with van der Waals surface area (Å²) in [5.74, 6) is 1.65. The lowest BCUT2D eigenvalue weighted by Gasteiger charge is -2.09. The Bertz CT molecular complexity index is 297. The van der Waals surface area contributed by atoms with Gasteiger partial charge < -0.3 is 0 Å². The van der Waals surface area contributed by atoms with Crippen LogP contribution in [0.5, 0.6) is 0 Å². The quantitative estimate of drug-likeness (QED) is 0.296. The van der Waals surface area contributed by atoms with Crippen LogP contribution in [-0.2, 0) is 0 Å². The van der Waals surface area contributed by atoms with Gasteiger partial charge in [-0.1, -0.05) is 88.5 Å². The Balaban J connectivity index is 1.36. The Morgan fingerprint density at radius 2 is 1.47 bits per heavy atom. The van der Waals surface area contributed by atoms with Gasteiger partial charge in [-0.3, -0.25) is 0 Å². The first-order valence-corrected chi connectivity index (χ1v) is 8.79. The molecule has 2 atom stereocenters. The van der Waals surface area contributed by atoms with Gasteiger partial charge in [0.25, 0.3) is 0 Å². The van der Waals surface area contributed by atoms with E-state index in [1.807, 2.05) is 0 Å². The molecule has 0 radical (unpaired) electrons. The smallest absolute Gasteiger partial charge is 0.00143 e. The van der Waals surface area contributed by atoms with Crippen molar-refractivity contribution in [3.05, 3.63) is 23.8 Å². The van der Waals surface area contributed by atoms with Crippen molar-refractivity contribution in [2.24, 2.45) is 11.8 Å². The van der Waals surface area contributed by atoms with Crippen LogP contribution in [0.2, 0.25) is 0 Å². The number of hydrogen-bond donors (Lipinski definition) is 0. The molecule has 0 N–H and O–H groups in total. The highest BCUT2D eigenvalue weighted by Gasteiger charge is 2.26. The van der Waals surface area contributed by atoms with E-state index in [0.29, 0.717) is 0 Å². The van der Waals surface area contributed by atoms with Crippen LogP contribution in [0.4, 0.5) is 0 Å². The highest BCUT2D eigenvalue weighted by atomic mass is 14.3. The fraction of sp³-hybridized carbons (Fsp3) is 0.789. The van der Waals surface area contributed by atoms with Gasteiger partial charge in [0, 0.05) is 0 Å². The summed E-state index contributed by atoms with van der Waals surface area (Å²) in [6, 6.07) is 0. The van der Waals surface area contributed by atoms with Crippen LogP contribution >= 0.6 is 0 Å². The van der Waals surface area contributed by atoms with Gasteiger partial charge in [-0.15, -0.1) is 0 Å². The minimum atomic E-state index is 0.808. The molecule has 0 saturated heterocycles. The maximum atomic E-state index is 2.54. The summed E-state index contributed by atoms with van der Waals surface area (Å²) in [7, 11) is 0. The van der Waals surface area contributed by atoms with E-state index in [1.165, 1.54) is 77.0 Å². The number of hydrogen-bond acceptors (Lipinski definition) is 0. The monoisotopic (exact) mass is 260 g/mol. The Labute approximate surface area is 120 Å². The molecule has 0 amide bonds. The second-order valence-electron chi connectivity index (χ2n) is 6.56. The fourth-order valence-electron chi connectivity index (χ4n) is 3.61. The third kappa shape index (κ3) is 5.16. The maximum absolute atomic E-state index is 2.54. The summed E-state index contributed by atoms with van der Waals surface area (Å²) < 4.78 is 0. The zero-order valence-electron chi connectivity index (χ0n) is 12.9. The average molecular weight is 260 g/mol. The van der Waals surface area contributed by atoms with Crippen molar-refractivity contribution in [2.75, 3.05) is 0 Å². The average Bonchev–Trinajstić information content (AvgIpc) is 3.03. The van der Waals surface area contributed by atoms with Gasteiger partial charge in [0.05, 0.1) is 0 Å². The predicted molar refractivity (Wildman–Crippen MR) is 85.3 cm³/mol. The topological polar surface area (TPSA) is 0 Å². The Morgan fingerprint density at radius 3 is 2.00 bits per heavy atom. The first-order chi connectivity index (χ1) is 9.40. The van der Waals surface area contributed by atoms with Crippen molar-refractivity contribution in [3.8, 4) is 0 Å². The molecule has 2 rings (SSSR count). The molecule has 0 aliphatic heterocycles. The highest BCUT2D eigenvalue weighted by Crippen LogP contribution is 2.40. The maximum Gasteiger partial charge on any atom is -0.00143 e. The minimum absolute atomic E-state index is 0.808. The third-order valence-corrected chi connectivity index (χ3v) is 4.84. The van der Waals surface area contributed by atoms with Crippen molar-refractivity contribution in [1.82, 2.24) is 0 Å². The van der Waals surface area contributed by atoms with Crippen LogP contribution in [0.25, 0.3) is 0 Å². The highest BCUT2D eigenvalue weighted by molar-refractivity contribution is 5.29. The summed E-state index contributed by atoms with van der Waals surface area (Å²) in [5, 5.41) is 0. The van der Waals surface area contributed by atoms with Gasteiger partial charge in [-0.05, 0) is 31.1 Å². The van der Waals surface area contributed by atoms with E-state index < -0.39 is 0 Å². The fourth-order valence-corrected chi connectivity index (χ4v) is 3.61. The van der Waals surface area contributed by atoms with Crippen molar-refractivity contribution in [2.45, 2.75) is 84.0 Å². The number of allylic oxidation sites excluding steroid dienone is 4. The Morgan fingerprint density at radius 1 is 0.842 bits per heavy atom. The van der Waals surface area contributed by atoms with E-state index in [0.717, 1.165) is 11.8 Å². The van der Waals surface area contributed by atoms with E-state index in [-0.39, 0.29) is 0 Å². The molecular weight excluding hydrogens is 228 g/mol. The van der Waals surface area contributed by atoms with Crippen LogP contribution in [0, 0.1) is 11.8 Å². The first kappa shape index (κ1) is 14.9. The summed E-state index contributed by atoms with van der Waals surface area (Å²) in [5.41, 5.74) is 1.76. The van der Waals surface area contributed by atoms with Crippen molar-refractivity contribution in [1.29, 1.82) is 0 Å². The lowest BCUT2D eigenvalue weighted by molar-refractivity contribution is 0.552. The van der Waals surface area contributed by atoms with Crippen molar-refractivity contribution < 1.29 is 0 Å². The van der Waals surface area contributed by atoms with Crippen LogP contribution in [-0.4, -0.2) is 0 Å². The molecule has 0 aromatic rings. The molecule has 0 aromatic heterocycles. The standard InChI is InChI=1S/C19H32/c1-2-3-4-5-6-7-8-9-10-11-12-18-15-17-13-14-19(18)16-17/h13-15,17,19H,2-12,16H2,1H3. The molecule has 0 spiro atoms. The molecular formula is C19H32. The lowest BCUT2D eigenvalue weighted by atomic mass is 9.96. The van der Waals surface area contributed by atoms with Crippen molar-refractivity contribution in [3.63, 3.8) is 0 Å². The third-order valence-electron chi connectivity index (χ3n) is 4.84. The van der Waals surface area contributed by atoms with Gasteiger partial charge in [0.1, 0.15) is 0 Å². The molecule has 2 aliphatic rings. The molecule has 19 heavy (non-hydrogen) atoms. The van der Waals surface area contributed by atoms with E-state index in [4.69, 9.17) is 0 Å². The predicted octanol–water partition coefficient (Wildman–Crippen LogP) is 6.43. The Hall–Kier alpha value is -0.520. The van der Waals surface area contributed by atoms with E-state index in [9.17, 15) is 0 Å². The second kappa shape index (κ2) is 8.61. The molecule has 2 aliphatic carbocycles. The summed E-state index contributed by atoms with van der Waals surface area (Å²) >= 11 is 0. The minimum Gasteiger partial charge on any atom is -0.0810 e. The van der Waals surface area contributed by atoms with Gasteiger partial charge >= 0.3 is 0 Å². The van der Waals surface area contributed by atoms with Gasteiger partial charge in [-0.2, -0.15) is 0 Å². The van der Waals surface area contributed by atoms with E-state index >= 15 is 0 Å². The van der Waals surface area contributed by atoms with Crippen LogP contribution in [0.1, 0.15) is 84.0 Å². The SMILES string of the molecule is CCCCCCCCCCCCC1=CC2C=CC1C2. The molecule has 2 bridgehead atoms. The van der Waals surface area contributed by atoms with Gasteiger partial charge in [0.2, 0.25) is 0 Å².